The summed E-state index contributed by atoms with van der Waals surface area (Å²) in [5.74, 6) is 0. The summed E-state index contributed by atoms with van der Waals surface area (Å²) in [6.45, 7) is 0. The predicted molar refractivity (Wildman–Crippen MR) is 106 cm³/mol. The van der Waals surface area contributed by atoms with Crippen LogP contribution in [0.15, 0.2) is 72.8 Å². The van der Waals surface area contributed by atoms with E-state index in [4.69, 9.17) is 39.5 Å². The number of hydrogen-bond donors (Lipinski definition) is 2. The second-order valence-electron chi connectivity index (χ2n) is 5.66. The van der Waals surface area contributed by atoms with E-state index < -0.39 is 12.9 Å². The average molecular weight is 407 g/mol. The fourth-order valence-electron chi connectivity index (χ4n) is 2.98. The van der Waals surface area contributed by atoms with Gasteiger partial charge in [-0.05, 0) is 53.1 Å². The lowest BCUT2D eigenvalue weighted by atomic mass is 9.79. The van der Waals surface area contributed by atoms with Gasteiger partial charge in [0.2, 0.25) is 0 Å². The minimum atomic E-state index is -2.05. The van der Waals surface area contributed by atoms with Crippen molar-refractivity contribution >= 4 is 42.1 Å². The Balaban J connectivity index is 2.38. The molecule has 0 atom stereocenters. The number of halogens is 3. The van der Waals surface area contributed by atoms with Gasteiger partial charge in [0, 0.05) is 15.1 Å². The van der Waals surface area contributed by atoms with Gasteiger partial charge in [0.05, 0.1) is 0 Å². The summed E-state index contributed by atoms with van der Waals surface area (Å²) in [5.41, 5.74) is 0.419. The fourth-order valence-corrected chi connectivity index (χ4v) is 3.56. The van der Waals surface area contributed by atoms with Crippen LogP contribution < -0.4 is 0 Å². The lowest BCUT2D eigenvalue weighted by Crippen LogP contribution is -2.39. The first-order valence-corrected chi connectivity index (χ1v) is 8.87. The Labute approximate surface area is 166 Å². The topological polar surface area (TPSA) is 49.7 Å². The fraction of sp³-hybridized carbons (Fsp3) is 0.0526. The van der Waals surface area contributed by atoms with E-state index in [9.17, 15) is 10.0 Å². The largest absolute Gasteiger partial charge is 0.635 e. The molecular weight excluding hydrogens is 393 g/mol. The zero-order valence-corrected chi connectivity index (χ0v) is 15.7. The molecule has 0 unspecified atom stereocenters. The summed E-state index contributed by atoms with van der Waals surface area (Å²) in [7, 11) is -2.05. The molecule has 3 aromatic carbocycles. The highest BCUT2D eigenvalue weighted by Gasteiger charge is 2.41. The van der Waals surface area contributed by atoms with Gasteiger partial charge in [-0.15, -0.1) is 0 Å². The summed E-state index contributed by atoms with van der Waals surface area (Å²) < 4.78 is 5.70. The molecule has 2 N–H and O–H groups in total. The van der Waals surface area contributed by atoms with Crippen molar-refractivity contribution in [3.8, 4) is 0 Å². The Kier molecular flexibility index (Phi) is 5.93. The van der Waals surface area contributed by atoms with E-state index >= 15 is 0 Å². The van der Waals surface area contributed by atoms with E-state index in [1.54, 1.807) is 72.8 Å². The molecule has 0 fully saturated rings. The monoisotopic (exact) mass is 406 g/mol. The van der Waals surface area contributed by atoms with Gasteiger partial charge in [0.1, 0.15) is 5.60 Å². The van der Waals surface area contributed by atoms with Gasteiger partial charge in [-0.25, -0.2) is 0 Å². The van der Waals surface area contributed by atoms with Crippen LogP contribution in [0, 0.1) is 0 Å². The maximum Gasteiger partial charge on any atom is 0.635 e. The van der Waals surface area contributed by atoms with Crippen molar-refractivity contribution in [1.82, 2.24) is 0 Å². The van der Waals surface area contributed by atoms with E-state index in [0.29, 0.717) is 31.8 Å². The molecule has 0 radical (unpaired) electrons. The molecular formula is C19H14BCl3O3. The normalized spacial score (nSPS) is 11.4. The Bertz CT molecular complexity index is 807. The third-order valence-corrected chi connectivity index (χ3v) is 4.68. The van der Waals surface area contributed by atoms with Gasteiger partial charge in [-0.2, -0.15) is 0 Å². The van der Waals surface area contributed by atoms with Crippen LogP contribution in [-0.2, 0) is 10.3 Å². The molecule has 132 valence electrons. The van der Waals surface area contributed by atoms with E-state index in [0.717, 1.165) is 0 Å². The van der Waals surface area contributed by atoms with Gasteiger partial charge in [-0.1, -0.05) is 71.2 Å². The summed E-state index contributed by atoms with van der Waals surface area (Å²) in [6, 6.07) is 20.9. The molecule has 0 aromatic heterocycles. The van der Waals surface area contributed by atoms with Crippen LogP contribution in [0.1, 0.15) is 16.7 Å². The molecule has 0 heterocycles. The first-order chi connectivity index (χ1) is 12.4. The minimum Gasteiger partial charge on any atom is -0.402 e. The zero-order valence-electron chi connectivity index (χ0n) is 13.4. The van der Waals surface area contributed by atoms with E-state index in [-0.39, 0.29) is 0 Å². The van der Waals surface area contributed by atoms with Crippen molar-refractivity contribution in [3.05, 3.63) is 105 Å². The molecule has 0 spiro atoms. The average Bonchev–Trinajstić information content (AvgIpc) is 2.59. The molecule has 0 aliphatic carbocycles. The standard InChI is InChI=1S/C19H14BCl3O3/c21-16-7-1-4-13(10-16)19(26-20(24)25,14-5-2-8-17(22)11-14)15-6-3-9-18(23)12-15/h1-12,24-25H. The molecule has 0 amide bonds. The quantitative estimate of drug-likeness (QED) is 0.466. The van der Waals surface area contributed by atoms with Gasteiger partial charge >= 0.3 is 7.32 Å². The summed E-state index contributed by atoms with van der Waals surface area (Å²) in [4.78, 5) is 0. The lowest BCUT2D eigenvalue weighted by molar-refractivity contribution is 0.0815. The molecule has 0 saturated heterocycles. The van der Waals surface area contributed by atoms with Crippen LogP contribution in [0.25, 0.3) is 0 Å². The van der Waals surface area contributed by atoms with Crippen molar-refractivity contribution in [2.75, 3.05) is 0 Å². The Morgan fingerprint density at radius 3 is 1.27 bits per heavy atom. The number of hydrogen-bond acceptors (Lipinski definition) is 3. The van der Waals surface area contributed by atoms with Crippen LogP contribution in [0.4, 0.5) is 0 Å². The second-order valence-corrected chi connectivity index (χ2v) is 6.97. The molecule has 7 heteroatoms. The molecule has 0 bridgehead atoms. The van der Waals surface area contributed by atoms with E-state index in [1.165, 1.54) is 0 Å². The van der Waals surface area contributed by atoms with Crippen molar-refractivity contribution in [1.29, 1.82) is 0 Å². The Morgan fingerprint density at radius 1 is 0.654 bits per heavy atom. The second kappa shape index (κ2) is 8.01. The van der Waals surface area contributed by atoms with E-state index in [2.05, 4.69) is 0 Å². The Morgan fingerprint density at radius 2 is 1.00 bits per heavy atom. The number of benzene rings is 3. The number of rotatable bonds is 5. The van der Waals surface area contributed by atoms with Crippen molar-refractivity contribution in [2.45, 2.75) is 5.60 Å². The first-order valence-electron chi connectivity index (χ1n) is 7.74. The summed E-state index contributed by atoms with van der Waals surface area (Å²) in [6.07, 6.45) is 0. The van der Waals surface area contributed by atoms with Gasteiger partial charge in [-0.3, -0.25) is 0 Å². The third-order valence-electron chi connectivity index (χ3n) is 3.98. The van der Waals surface area contributed by atoms with Gasteiger partial charge < -0.3 is 14.7 Å². The molecule has 26 heavy (non-hydrogen) atoms. The summed E-state index contributed by atoms with van der Waals surface area (Å²) >= 11 is 18.6. The summed E-state index contributed by atoms with van der Waals surface area (Å²) in [5, 5.41) is 20.9. The highest BCUT2D eigenvalue weighted by molar-refractivity contribution is 6.33. The highest BCUT2D eigenvalue weighted by Crippen LogP contribution is 2.42. The maximum atomic E-state index is 9.71. The minimum absolute atomic E-state index is 0.479. The van der Waals surface area contributed by atoms with Crippen LogP contribution in [-0.4, -0.2) is 17.4 Å². The molecule has 0 aliphatic rings. The predicted octanol–water partition coefficient (Wildman–Crippen LogP) is 4.92. The lowest BCUT2D eigenvalue weighted by Gasteiger charge is -2.36. The molecule has 3 rings (SSSR count). The van der Waals surface area contributed by atoms with Gasteiger partial charge in [0.25, 0.3) is 0 Å². The Hall–Kier alpha value is -1.53. The van der Waals surface area contributed by atoms with Crippen LogP contribution in [0.3, 0.4) is 0 Å². The molecule has 0 aliphatic heterocycles. The van der Waals surface area contributed by atoms with Crippen LogP contribution in [0.5, 0.6) is 0 Å². The third kappa shape index (κ3) is 3.91. The molecule has 3 nitrogen and oxygen atoms in total. The van der Waals surface area contributed by atoms with E-state index in [1.807, 2.05) is 0 Å². The van der Waals surface area contributed by atoms with Crippen molar-refractivity contribution in [3.63, 3.8) is 0 Å². The van der Waals surface area contributed by atoms with Gasteiger partial charge in [0.15, 0.2) is 0 Å². The highest BCUT2D eigenvalue weighted by atomic mass is 35.5. The van der Waals surface area contributed by atoms with Crippen molar-refractivity contribution < 1.29 is 14.7 Å². The molecule has 0 saturated carbocycles. The maximum absolute atomic E-state index is 9.71. The SMILES string of the molecule is OB(O)OC(c1cccc(Cl)c1)(c1cccc(Cl)c1)c1cccc(Cl)c1. The van der Waals surface area contributed by atoms with Crippen molar-refractivity contribution in [2.24, 2.45) is 0 Å². The van der Waals surface area contributed by atoms with Crippen LogP contribution in [0.2, 0.25) is 15.1 Å². The first kappa shape index (κ1) is 19.2. The smallest absolute Gasteiger partial charge is 0.402 e. The molecule has 3 aromatic rings. The zero-order chi connectivity index (χ0) is 18.7. The van der Waals surface area contributed by atoms with Crippen LogP contribution >= 0.6 is 34.8 Å².